The van der Waals surface area contributed by atoms with Crippen LogP contribution < -0.4 is 10.6 Å². The van der Waals surface area contributed by atoms with Gasteiger partial charge in [-0.2, -0.15) is 0 Å². The molecule has 2 aromatic carbocycles. The van der Waals surface area contributed by atoms with E-state index >= 15 is 0 Å². The molecule has 0 spiro atoms. The lowest BCUT2D eigenvalue weighted by Crippen LogP contribution is -2.22. The largest absolute Gasteiger partial charge is 0.325 e. The summed E-state index contributed by atoms with van der Waals surface area (Å²) in [5.74, 6) is -0.436. The van der Waals surface area contributed by atoms with E-state index in [-0.39, 0.29) is 24.2 Å². The number of carbonyl (C=O) groups is 2. The molecule has 2 rings (SSSR count). The second kappa shape index (κ2) is 8.17. The highest BCUT2D eigenvalue weighted by atomic mass is 35.5. The third-order valence-corrected chi connectivity index (χ3v) is 4.22. The lowest BCUT2D eigenvalue weighted by Gasteiger charge is -2.16. The molecule has 2 amide bonds. The Bertz CT molecular complexity index is 800. The van der Waals surface area contributed by atoms with Gasteiger partial charge in [0, 0.05) is 16.4 Å². The molecule has 0 radical (unpaired) electrons. The van der Waals surface area contributed by atoms with Gasteiger partial charge < -0.3 is 10.6 Å². The number of halogens is 1. The fourth-order valence-electron chi connectivity index (χ4n) is 2.60. The summed E-state index contributed by atoms with van der Waals surface area (Å²) >= 11 is 5.95. The molecule has 2 aromatic rings. The summed E-state index contributed by atoms with van der Waals surface area (Å²) < 4.78 is 0. The van der Waals surface area contributed by atoms with Crippen LogP contribution in [0.3, 0.4) is 0 Å². The molecule has 0 heterocycles. The summed E-state index contributed by atoms with van der Waals surface area (Å²) in [6, 6.07) is 11.1. The van der Waals surface area contributed by atoms with E-state index in [0.29, 0.717) is 10.7 Å². The molecule has 0 aliphatic heterocycles. The van der Waals surface area contributed by atoms with Crippen molar-refractivity contribution in [3.05, 3.63) is 58.1 Å². The standard InChI is InChI=1S/C20H23ClN2O2/c1-12(2)16-7-5-6-14(4)20(16)23-19(25)11-18(24)22-17-10-15(21)9-8-13(17)3/h5-10,12H,11H2,1-4H3,(H,22,24)(H,23,25). The van der Waals surface area contributed by atoms with Gasteiger partial charge in [0.1, 0.15) is 6.42 Å². The van der Waals surface area contributed by atoms with E-state index in [4.69, 9.17) is 11.6 Å². The van der Waals surface area contributed by atoms with Gasteiger partial charge in [0.15, 0.2) is 0 Å². The van der Waals surface area contributed by atoms with Gasteiger partial charge in [0.25, 0.3) is 0 Å². The summed E-state index contributed by atoms with van der Waals surface area (Å²) in [5.41, 5.74) is 4.32. The molecule has 2 N–H and O–H groups in total. The van der Waals surface area contributed by atoms with Crippen LogP contribution in [-0.4, -0.2) is 11.8 Å². The van der Waals surface area contributed by atoms with Crippen LogP contribution in [0.5, 0.6) is 0 Å². The molecule has 25 heavy (non-hydrogen) atoms. The zero-order chi connectivity index (χ0) is 18.6. The van der Waals surface area contributed by atoms with E-state index in [1.165, 1.54) is 0 Å². The number of carbonyl (C=O) groups excluding carboxylic acids is 2. The third kappa shape index (κ3) is 5.07. The molecule has 5 heteroatoms. The van der Waals surface area contributed by atoms with Crippen molar-refractivity contribution in [2.45, 2.75) is 40.0 Å². The Morgan fingerprint density at radius 3 is 2.36 bits per heavy atom. The minimum atomic E-state index is -0.373. The van der Waals surface area contributed by atoms with Gasteiger partial charge in [-0.05, 0) is 48.6 Å². The van der Waals surface area contributed by atoms with E-state index in [9.17, 15) is 9.59 Å². The first-order valence-corrected chi connectivity index (χ1v) is 8.61. The number of nitrogens with one attached hydrogen (secondary N) is 2. The van der Waals surface area contributed by atoms with Gasteiger partial charge in [-0.15, -0.1) is 0 Å². The topological polar surface area (TPSA) is 58.2 Å². The molecule has 0 aliphatic carbocycles. The molecular formula is C20H23ClN2O2. The highest BCUT2D eigenvalue weighted by Gasteiger charge is 2.15. The Kier molecular flexibility index (Phi) is 6.21. The van der Waals surface area contributed by atoms with Crippen molar-refractivity contribution < 1.29 is 9.59 Å². The zero-order valence-corrected chi connectivity index (χ0v) is 15.7. The van der Waals surface area contributed by atoms with Crippen molar-refractivity contribution in [3.63, 3.8) is 0 Å². The highest BCUT2D eigenvalue weighted by Crippen LogP contribution is 2.27. The second-order valence-electron chi connectivity index (χ2n) is 6.43. The summed E-state index contributed by atoms with van der Waals surface area (Å²) in [6.07, 6.45) is -0.252. The molecular weight excluding hydrogens is 336 g/mol. The van der Waals surface area contributed by atoms with Crippen molar-refractivity contribution in [3.8, 4) is 0 Å². The van der Waals surface area contributed by atoms with Crippen molar-refractivity contribution in [1.82, 2.24) is 0 Å². The van der Waals surface area contributed by atoms with Crippen molar-refractivity contribution in [2.24, 2.45) is 0 Å². The van der Waals surface area contributed by atoms with Crippen LogP contribution in [0.4, 0.5) is 11.4 Å². The van der Waals surface area contributed by atoms with Gasteiger partial charge in [0.05, 0.1) is 0 Å². The van der Waals surface area contributed by atoms with Crippen LogP contribution in [-0.2, 0) is 9.59 Å². The molecule has 0 fully saturated rings. The molecule has 0 saturated heterocycles. The first-order valence-electron chi connectivity index (χ1n) is 8.23. The van der Waals surface area contributed by atoms with Gasteiger partial charge in [-0.1, -0.05) is 49.7 Å². The number of anilines is 2. The van der Waals surface area contributed by atoms with E-state index in [1.54, 1.807) is 12.1 Å². The Labute approximate surface area is 153 Å². The summed E-state index contributed by atoms with van der Waals surface area (Å²) in [7, 11) is 0. The summed E-state index contributed by atoms with van der Waals surface area (Å²) in [5, 5.41) is 6.15. The molecule has 132 valence electrons. The lowest BCUT2D eigenvalue weighted by molar-refractivity contribution is -0.123. The number of aryl methyl sites for hydroxylation is 2. The fraction of sp³-hybridized carbons (Fsp3) is 0.300. The lowest BCUT2D eigenvalue weighted by atomic mass is 9.98. The number of hydrogen-bond donors (Lipinski definition) is 2. The zero-order valence-electron chi connectivity index (χ0n) is 14.9. The maximum Gasteiger partial charge on any atom is 0.233 e. The first-order chi connectivity index (χ1) is 11.8. The Morgan fingerprint density at radius 2 is 1.68 bits per heavy atom. The van der Waals surface area contributed by atoms with Crippen LogP contribution in [0.1, 0.15) is 42.9 Å². The minimum Gasteiger partial charge on any atom is -0.325 e. The predicted molar refractivity (Wildman–Crippen MR) is 103 cm³/mol. The van der Waals surface area contributed by atoms with E-state index < -0.39 is 0 Å². The molecule has 0 unspecified atom stereocenters. The Morgan fingerprint density at radius 1 is 1.00 bits per heavy atom. The van der Waals surface area contributed by atoms with Gasteiger partial charge in [-0.3, -0.25) is 9.59 Å². The molecule has 0 bridgehead atoms. The monoisotopic (exact) mass is 358 g/mol. The van der Waals surface area contributed by atoms with Crippen molar-refractivity contribution in [2.75, 3.05) is 10.6 Å². The average Bonchev–Trinajstić information content (AvgIpc) is 2.52. The van der Waals surface area contributed by atoms with Gasteiger partial charge >= 0.3 is 0 Å². The number of amides is 2. The van der Waals surface area contributed by atoms with Crippen LogP contribution in [0.25, 0.3) is 0 Å². The first kappa shape index (κ1) is 19.0. The Balaban J connectivity index is 2.06. The Hall–Kier alpha value is -2.33. The van der Waals surface area contributed by atoms with Gasteiger partial charge in [0.2, 0.25) is 11.8 Å². The number of rotatable bonds is 5. The number of para-hydroxylation sites is 1. The fourth-order valence-corrected chi connectivity index (χ4v) is 2.77. The van der Waals surface area contributed by atoms with Crippen LogP contribution in [0.2, 0.25) is 5.02 Å². The number of hydrogen-bond acceptors (Lipinski definition) is 2. The molecule has 0 atom stereocenters. The molecule has 4 nitrogen and oxygen atoms in total. The molecule has 0 aliphatic rings. The van der Waals surface area contributed by atoms with E-state index in [0.717, 1.165) is 22.4 Å². The maximum atomic E-state index is 12.3. The SMILES string of the molecule is Cc1ccc(Cl)cc1NC(=O)CC(=O)Nc1c(C)cccc1C(C)C. The van der Waals surface area contributed by atoms with Gasteiger partial charge in [-0.25, -0.2) is 0 Å². The molecule has 0 aromatic heterocycles. The van der Waals surface area contributed by atoms with Crippen LogP contribution in [0, 0.1) is 13.8 Å². The maximum absolute atomic E-state index is 12.3. The highest BCUT2D eigenvalue weighted by molar-refractivity contribution is 6.31. The third-order valence-electron chi connectivity index (χ3n) is 3.99. The smallest absolute Gasteiger partial charge is 0.233 e. The normalized spacial score (nSPS) is 10.6. The van der Waals surface area contributed by atoms with Crippen molar-refractivity contribution >= 4 is 34.8 Å². The summed E-state index contributed by atoms with van der Waals surface area (Å²) in [4.78, 5) is 24.5. The second-order valence-corrected chi connectivity index (χ2v) is 6.86. The average molecular weight is 359 g/mol. The van der Waals surface area contributed by atoms with Crippen LogP contribution >= 0.6 is 11.6 Å². The molecule has 0 saturated carbocycles. The van der Waals surface area contributed by atoms with Crippen molar-refractivity contribution in [1.29, 1.82) is 0 Å². The van der Waals surface area contributed by atoms with E-state index in [1.807, 2.05) is 38.1 Å². The minimum absolute atomic E-state index is 0.252. The summed E-state index contributed by atoms with van der Waals surface area (Å²) in [6.45, 7) is 7.95. The number of benzene rings is 2. The van der Waals surface area contributed by atoms with E-state index in [2.05, 4.69) is 24.5 Å². The quantitative estimate of drug-likeness (QED) is 0.735. The predicted octanol–water partition coefficient (Wildman–Crippen LogP) is 5.05. The van der Waals surface area contributed by atoms with Crippen LogP contribution in [0.15, 0.2) is 36.4 Å².